The maximum absolute atomic E-state index is 11.0. The summed E-state index contributed by atoms with van der Waals surface area (Å²) in [7, 11) is 0. The molecule has 0 aliphatic carbocycles. The molecular formula is C12H16N2O4. The van der Waals surface area contributed by atoms with E-state index in [0.29, 0.717) is 11.4 Å². The van der Waals surface area contributed by atoms with Crippen LogP contribution in [-0.2, 0) is 19.1 Å². The van der Waals surface area contributed by atoms with Crippen LogP contribution in [0.25, 0.3) is 0 Å². The second kappa shape index (κ2) is 5.39. The van der Waals surface area contributed by atoms with Gasteiger partial charge < -0.3 is 20.5 Å². The molecule has 0 saturated heterocycles. The van der Waals surface area contributed by atoms with E-state index in [-0.39, 0.29) is 0 Å². The Kier molecular flexibility index (Phi) is 4.14. The zero-order valence-corrected chi connectivity index (χ0v) is 10.5. The van der Waals surface area contributed by atoms with Crippen molar-refractivity contribution in [1.29, 1.82) is 0 Å². The monoisotopic (exact) mass is 252 g/mol. The molecule has 0 unspecified atom stereocenters. The Morgan fingerprint density at radius 3 is 2.22 bits per heavy atom. The summed E-state index contributed by atoms with van der Waals surface area (Å²) >= 11 is 0. The number of nitrogens with one attached hydrogen (secondary N) is 1. The van der Waals surface area contributed by atoms with Gasteiger partial charge in [0.05, 0.1) is 0 Å². The number of hydrogen-bond donors (Lipinski definition) is 2. The molecule has 3 N–H and O–H groups in total. The molecule has 98 valence electrons. The van der Waals surface area contributed by atoms with Gasteiger partial charge in [0.1, 0.15) is 0 Å². The van der Waals surface area contributed by atoms with Crippen molar-refractivity contribution in [3.05, 3.63) is 24.3 Å². The van der Waals surface area contributed by atoms with Crippen LogP contribution in [0, 0.1) is 0 Å². The highest BCUT2D eigenvalue weighted by Crippen LogP contribution is 2.20. The minimum atomic E-state index is -1.56. The summed E-state index contributed by atoms with van der Waals surface area (Å²) in [6.07, 6.45) is 0. The Morgan fingerprint density at radius 2 is 1.78 bits per heavy atom. The van der Waals surface area contributed by atoms with Crippen LogP contribution in [0.5, 0.6) is 0 Å². The SMILES string of the molecule is CC(=O)OC(C)(Nc1cccc(N)c1)OC(C)=O. The van der Waals surface area contributed by atoms with Gasteiger partial charge in [-0.3, -0.25) is 9.59 Å². The Labute approximate surface area is 105 Å². The first kappa shape index (κ1) is 13.8. The number of benzene rings is 1. The highest BCUT2D eigenvalue weighted by Gasteiger charge is 2.31. The van der Waals surface area contributed by atoms with Crippen molar-refractivity contribution in [2.24, 2.45) is 0 Å². The van der Waals surface area contributed by atoms with Crippen LogP contribution in [0.1, 0.15) is 20.8 Å². The van der Waals surface area contributed by atoms with Crippen LogP contribution >= 0.6 is 0 Å². The first-order valence-corrected chi connectivity index (χ1v) is 5.33. The quantitative estimate of drug-likeness (QED) is 0.479. The van der Waals surface area contributed by atoms with Gasteiger partial charge in [-0.15, -0.1) is 0 Å². The molecule has 0 bridgehead atoms. The molecule has 0 fully saturated rings. The smallest absolute Gasteiger partial charge is 0.337 e. The molecule has 0 saturated carbocycles. The number of esters is 2. The summed E-state index contributed by atoms with van der Waals surface area (Å²) in [6, 6.07) is 6.77. The minimum absolute atomic E-state index is 0.535. The topological polar surface area (TPSA) is 90.7 Å². The zero-order valence-electron chi connectivity index (χ0n) is 10.5. The molecule has 0 aliphatic rings. The highest BCUT2D eigenvalue weighted by atomic mass is 16.7. The second-order valence-electron chi connectivity index (χ2n) is 3.88. The number of carbonyl (C=O) groups excluding carboxylic acids is 2. The molecule has 0 aromatic heterocycles. The summed E-state index contributed by atoms with van der Waals surface area (Å²) in [5, 5.41) is 2.79. The molecule has 0 radical (unpaired) electrons. The summed E-state index contributed by atoms with van der Waals surface area (Å²) in [4.78, 5) is 22.0. The predicted molar refractivity (Wildman–Crippen MR) is 66.4 cm³/mol. The lowest BCUT2D eigenvalue weighted by atomic mass is 10.3. The third kappa shape index (κ3) is 4.32. The second-order valence-corrected chi connectivity index (χ2v) is 3.88. The van der Waals surface area contributed by atoms with E-state index in [1.165, 1.54) is 20.8 Å². The van der Waals surface area contributed by atoms with E-state index < -0.39 is 17.8 Å². The van der Waals surface area contributed by atoms with Gasteiger partial charge in [-0.25, -0.2) is 0 Å². The van der Waals surface area contributed by atoms with Gasteiger partial charge in [-0.2, -0.15) is 0 Å². The van der Waals surface area contributed by atoms with E-state index in [4.69, 9.17) is 15.2 Å². The van der Waals surface area contributed by atoms with E-state index >= 15 is 0 Å². The van der Waals surface area contributed by atoms with Crippen LogP contribution in [0.4, 0.5) is 11.4 Å². The van der Waals surface area contributed by atoms with Crippen molar-refractivity contribution in [3.8, 4) is 0 Å². The fraction of sp³-hybridized carbons (Fsp3) is 0.333. The highest BCUT2D eigenvalue weighted by molar-refractivity contribution is 5.69. The van der Waals surface area contributed by atoms with Gasteiger partial charge in [0.2, 0.25) is 0 Å². The largest absolute Gasteiger partial charge is 0.404 e. The van der Waals surface area contributed by atoms with Crippen molar-refractivity contribution in [3.63, 3.8) is 0 Å². The van der Waals surface area contributed by atoms with Gasteiger partial charge in [-0.05, 0) is 18.2 Å². The summed E-state index contributed by atoms with van der Waals surface area (Å²) < 4.78 is 9.92. The van der Waals surface area contributed by atoms with Gasteiger partial charge in [0, 0.05) is 32.1 Å². The Balaban J connectivity index is 2.90. The molecule has 0 atom stereocenters. The summed E-state index contributed by atoms with van der Waals surface area (Å²) in [5.41, 5.74) is 6.73. The molecule has 6 heteroatoms. The molecule has 1 rings (SSSR count). The maximum Gasteiger partial charge on any atom is 0.337 e. The molecule has 0 amide bonds. The van der Waals surface area contributed by atoms with Gasteiger partial charge >= 0.3 is 17.8 Å². The van der Waals surface area contributed by atoms with Gasteiger partial charge in [0.15, 0.2) is 0 Å². The molecule has 0 aliphatic heterocycles. The molecule has 6 nitrogen and oxygen atoms in total. The number of nitrogen functional groups attached to an aromatic ring is 1. The van der Waals surface area contributed by atoms with Gasteiger partial charge in [-0.1, -0.05) is 6.07 Å². The van der Waals surface area contributed by atoms with Crippen molar-refractivity contribution in [2.45, 2.75) is 26.7 Å². The van der Waals surface area contributed by atoms with Crippen LogP contribution < -0.4 is 11.1 Å². The fourth-order valence-corrected chi connectivity index (χ4v) is 1.50. The molecule has 0 heterocycles. The van der Waals surface area contributed by atoms with Crippen molar-refractivity contribution >= 4 is 23.3 Å². The Hall–Kier alpha value is -2.24. The molecule has 0 spiro atoms. The van der Waals surface area contributed by atoms with Crippen LogP contribution in [0.3, 0.4) is 0 Å². The van der Waals surface area contributed by atoms with E-state index in [1.807, 2.05) is 0 Å². The lowest BCUT2D eigenvalue weighted by Gasteiger charge is -2.29. The first-order chi connectivity index (χ1) is 8.31. The van der Waals surface area contributed by atoms with E-state index in [0.717, 1.165) is 0 Å². The summed E-state index contributed by atoms with van der Waals surface area (Å²) in [5.74, 6) is -2.71. The third-order valence-electron chi connectivity index (χ3n) is 1.94. The Morgan fingerprint density at radius 1 is 1.22 bits per heavy atom. The van der Waals surface area contributed by atoms with E-state index in [1.54, 1.807) is 24.3 Å². The minimum Gasteiger partial charge on any atom is -0.404 e. The average molecular weight is 252 g/mol. The number of hydrogen-bond acceptors (Lipinski definition) is 6. The maximum atomic E-state index is 11.0. The number of carbonyl (C=O) groups is 2. The van der Waals surface area contributed by atoms with E-state index in [2.05, 4.69) is 5.32 Å². The van der Waals surface area contributed by atoms with Crippen LogP contribution in [0.2, 0.25) is 0 Å². The normalized spacial score (nSPS) is 10.6. The average Bonchev–Trinajstić information content (AvgIpc) is 2.13. The van der Waals surface area contributed by atoms with Crippen molar-refractivity contribution in [2.75, 3.05) is 11.1 Å². The predicted octanol–water partition coefficient (Wildman–Crippen LogP) is 1.48. The Bertz CT molecular complexity index is 443. The molecule has 1 aromatic rings. The molecule has 1 aromatic carbocycles. The lowest BCUT2D eigenvalue weighted by molar-refractivity contribution is -0.209. The molecule has 18 heavy (non-hydrogen) atoms. The van der Waals surface area contributed by atoms with Gasteiger partial charge in [0.25, 0.3) is 0 Å². The fourth-order valence-electron chi connectivity index (χ4n) is 1.50. The van der Waals surface area contributed by atoms with Crippen LogP contribution in [-0.4, -0.2) is 17.8 Å². The standard InChI is InChI=1S/C12H16N2O4/c1-8(15)17-12(3,18-9(2)16)14-11-6-4-5-10(13)7-11/h4-7,14H,13H2,1-3H3. The van der Waals surface area contributed by atoms with E-state index in [9.17, 15) is 9.59 Å². The number of nitrogens with two attached hydrogens (primary N) is 1. The molecular weight excluding hydrogens is 236 g/mol. The van der Waals surface area contributed by atoms with Crippen molar-refractivity contribution in [1.82, 2.24) is 0 Å². The third-order valence-corrected chi connectivity index (χ3v) is 1.94. The number of ether oxygens (including phenoxy) is 2. The van der Waals surface area contributed by atoms with Crippen LogP contribution in [0.15, 0.2) is 24.3 Å². The number of rotatable bonds is 4. The zero-order chi connectivity index (χ0) is 13.8. The first-order valence-electron chi connectivity index (χ1n) is 5.33. The summed E-state index contributed by atoms with van der Waals surface area (Å²) in [6.45, 7) is 3.88. The van der Waals surface area contributed by atoms with Crippen molar-refractivity contribution < 1.29 is 19.1 Å². The lowest BCUT2D eigenvalue weighted by Crippen LogP contribution is -2.43. The number of anilines is 2.